The molecule has 1 saturated heterocycles. The predicted molar refractivity (Wildman–Crippen MR) is 138 cm³/mol. The van der Waals surface area contributed by atoms with E-state index in [-0.39, 0.29) is 0 Å². The van der Waals surface area contributed by atoms with E-state index in [2.05, 4.69) is 51.7 Å². The summed E-state index contributed by atoms with van der Waals surface area (Å²) in [7, 11) is 0. The first-order chi connectivity index (χ1) is 16.6. The van der Waals surface area contributed by atoms with Gasteiger partial charge in [-0.2, -0.15) is 5.26 Å². The molecule has 0 atom stereocenters. The number of aromatic nitrogens is 2. The molecule has 0 aliphatic carbocycles. The molecule has 2 aromatic carbocycles. The average Bonchev–Trinajstić information content (AvgIpc) is 3.24. The second-order valence-electron chi connectivity index (χ2n) is 8.70. The second-order valence-corrected chi connectivity index (χ2v) is 9.73. The lowest BCUT2D eigenvalue weighted by molar-refractivity contribution is 0.213. The molecule has 8 heteroatoms. The summed E-state index contributed by atoms with van der Waals surface area (Å²) in [6.07, 6.45) is 2.60. The first kappa shape index (κ1) is 22.5. The van der Waals surface area contributed by atoms with Gasteiger partial charge in [-0.05, 0) is 49.6 Å². The van der Waals surface area contributed by atoms with Crippen LogP contribution in [0.5, 0.6) is 5.75 Å². The van der Waals surface area contributed by atoms with Crippen molar-refractivity contribution < 1.29 is 4.74 Å². The molecule has 1 aliphatic rings. The summed E-state index contributed by atoms with van der Waals surface area (Å²) in [4.78, 5) is 11.7. The van der Waals surface area contributed by atoms with Crippen molar-refractivity contribution >= 4 is 43.3 Å². The molecular formula is C26H28N6OS. The third-order valence-corrected chi connectivity index (χ3v) is 7.08. The Hall–Kier alpha value is -3.25. The summed E-state index contributed by atoms with van der Waals surface area (Å²) >= 11 is 1.58. The number of nitrogens with zero attached hydrogens (tertiary/aromatic N) is 4. The summed E-state index contributed by atoms with van der Waals surface area (Å²) in [5, 5.41) is 18.2. The quantitative estimate of drug-likeness (QED) is 0.375. The van der Waals surface area contributed by atoms with Crippen molar-refractivity contribution in [3.8, 4) is 11.8 Å². The van der Waals surface area contributed by atoms with Crippen molar-refractivity contribution in [1.29, 1.82) is 5.26 Å². The molecule has 4 aromatic rings. The van der Waals surface area contributed by atoms with Crippen molar-refractivity contribution in [3.05, 3.63) is 53.2 Å². The van der Waals surface area contributed by atoms with Crippen LogP contribution in [0.2, 0.25) is 0 Å². The Morgan fingerprint density at radius 2 is 2.03 bits per heavy atom. The van der Waals surface area contributed by atoms with Crippen molar-refractivity contribution in [3.63, 3.8) is 0 Å². The molecular weight excluding hydrogens is 444 g/mol. The van der Waals surface area contributed by atoms with E-state index in [1.54, 1.807) is 17.5 Å². The van der Waals surface area contributed by atoms with Crippen LogP contribution in [-0.4, -0.2) is 54.2 Å². The monoisotopic (exact) mass is 472 g/mol. The fourth-order valence-electron chi connectivity index (χ4n) is 4.30. The van der Waals surface area contributed by atoms with Crippen molar-refractivity contribution in [2.24, 2.45) is 0 Å². The SMILES string of the molecule is Cc1ccc2nc(Nc3c(C#N)cnc4cc(OCCCN5CCNCC5)c(C)cc34)sc2c1. The lowest BCUT2D eigenvalue weighted by atomic mass is 10.1. The third kappa shape index (κ3) is 4.82. The van der Waals surface area contributed by atoms with Gasteiger partial charge in [-0.1, -0.05) is 17.4 Å². The summed E-state index contributed by atoms with van der Waals surface area (Å²) < 4.78 is 7.24. The molecule has 0 unspecified atom stereocenters. The molecule has 2 N–H and O–H groups in total. The number of pyridine rings is 1. The fraction of sp³-hybridized carbons (Fsp3) is 0.346. The highest BCUT2D eigenvalue weighted by Crippen LogP contribution is 2.35. The number of ether oxygens (including phenoxy) is 1. The van der Waals surface area contributed by atoms with Gasteiger partial charge >= 0.3 is 0 Å². The highest BCUT2D eigenvalue weighted by atomic mass is 32.1. The maximum absolute atomic E-state index is 9.73. The zero-order valence-corrected chi connectivity index (χ0v) is 20.3. The number of nitriles is 1. The van der Waals surface area contributed by atoms with E-state index >= 15 is 0 Å². The molecule has 7 nitrogen and oxygen atoms in total. The Labute approximate surface area is 203 Å². The minimum Gasteiger partial charge on any atom is -0.493 e. The van der Waals surface area contributed by atoms with Crippen LogP contribution in [0.25, 0.3) is 21.1 Å². The number of piperazine rings is 1. The molecule has 0 spiro atoms. The van der Waals surface area contributed by atoms with E-state index in [1.807, 2.05) is 19.1 Å². The maximum Gasteiger partial charge on any atom is 0.188 e. The van der Waals surface area contributed by atoms with Gasteiger partial charge in [-0.3, -0.25) is 4.98 Å². The number of hydrogen-bond donors (Lipinski definition) is 2. The molecule has 34 heavy (non-hydrogen) atoms. The molecule has 1 aliphatic heterocycles. The van der Waals surface area contributed by atoms with Gasteiger partial charge in [0.15, 0.2) is 5.13 Å². The number of nitrogens with one attached hydrogen (secondary N) is 2. The van der Waals surface area contributed by atoms with E-state index < -0.39 is 0 Å². The van der Waals surface area contributed by atoms with Crippen LogP contribution in [0.15, 0.2) is 36.5 Å². The molecule has 3 heterocycles. The average molecular weight is 473 g/mol. The van der Waals surface area contributed by atoms with Gasteiger partial charge in [-0.25, -0.2) is 4.98 Å². The van der Waals surface area contributed by atoms with Crippen LogP contribution in [0, 0.1) is 25.2 Å². The summed E-state index contributed by atoms with van der Waals surface area (Å²) in [5.74, 6) is 0.839. The van der Waals surface area contributed by atoms with Crippen LogP contribution in [0.3, 0.4) is 0 Å². The second kappa shape index (κ2) is 9.94. The third-order valence-electron chi connectivity index (χ3n) is 6.15. The Morgan fingerprint density at radius 1 is 1.18 bits per heavy atom. The van der Waals surface area contributed by atoms with Gasteiger partial charge in [-0.15, -0.1) is 0 Å². The van der Waals surface area contributed by atoms with Gasteiger partial charge in [0.2, 0.25) is 0 Å². The van der Waals surface area contributed by atoms with Crippen LogP contribution >= 0.6 is 11.3 Å². The lowest BCUT2D eigenvalue weighted by Gasteiger charge is -2.27. The lowest BCUT2D eigenvalue weighted by Crippen LogP contribution is -2.43. The first-order valence-electron chi connectivity index (χ1n) is 11.6. The first-order valence-corrected chi connectivity index (χ1v) is 12.5. The Morgan fingerprint density at radius 3 is 2.85 bits per heavy atom. The number of aryl methyl sites for hydroxylation is 2. The highest BCUT2D eigenvalue weighted by molar-refractivity contribution is 7.22. The normalized spacial score (nSPS) is 14.4. The molecule has 0 saturated carbocycles. The van der Waals surface area contributed by atoms with Crippen molar-refractivity contribution in [1.82, 2.24) is 20.2 Å². The van der Waals surface area contributed by atoms with Crippen LogP contribution in [0.4, 0.5) is 10.8 Å². The summed E-state index contributed by atoms with van der Waals surface area (Å²) in [5.41, 5.74) is 5.19. The zero-order chi connectivity index (χ0) is 23.5. The maximum atomic E-state index is 9.73. The summed E-state index contributed by atoms with van der Waals surface area (Å²) in [6.45, 7) is 10.2. The van der Waals surface area contributed by atoms with Gasteiger partial charge in [0.25, 0.3) is 0 Å². The van der Waals surface area contributed by atoms with Gasteiger partial charge in [0.1, 0.15) is 11.8 Å². The van der Waals surface area contributed by atoms with Crippen LogP contribution in [-0.2, 0) is 0 Å². The predicted octanol–water partition coefficient (Wildman–Crippen LogP) is 4.75. The van der Waals surface area contributed by atoms with Crippen molar-refractivity contribution in [2.75, 3.05) is 44.6 Å². The molecule has 0 bridgehead atoms. The van der Waals surface area contributed by atoms with E-state index in [4.69, 9.17) is 9.72 Å². The zero-order valence-electron chi connectivity index (χ0n) is 19.5. The van der Waals surface area contributed by atoms with E-state index in [1.165, 1.54) is 5.56 Å². The molecule has 5 rings (SSSR count). The minimum absolute atomic E-state index is 0.493. The molecule has 0 radical (unpaired) electrons. The molecule has 1 fully saturated rings. The molecule has 174 valence electrons. The smallest absolute Gasteiger partial charge is 0.188 e. The Balaban J connectivity index is 1.37. The standard InChI is InChI=1S/C26H28N6OS/c1-17-4-5-21-24(12-17)34-26(30-21)31-25-19(15-27)16-29-22-14-23(18(2)13-20(22)25)33-11-3-8-32-9-6-28-7-10-32/h4-5,12-14,16,28H,3,6-11H2,1-2H3,(H,29,30,31). The highest BCUT2D eigenvalue weighted by Gasteiger charge is 2.15. The van der Waals surface area contributed by atoms with E-state index in [9.17, 15) is 5.26 Å². The van der Waals surface area contributed by atoms with E-state index in [0.29, 0.717) is 12.2 Å². The Kier molecular flexibility index (Phi) is 6.59. The van der Waals surface area contributed by atoms with Crippen LogP contribution < -0.4 is 15.4 Å². The number of fused-ring (bicyclic) bond motifs is 2. The Bertz CT molecular complexity index is 1370. The molecule has 0 amide bonds. The van der Waals surface area contributed by atoms with Crippen molar-refractivity contribution in [2.45, 2.75) is 20.3 Å². The number of benzene rings is 2. The molecule has 2 aromatic heterocycles. The fourth-order valence-corrected chi connectivity index (χ4v) is 5.27. The topological polar surface area (TPSA) is 86.1 Å². The minimum atomic E-state index is 0.493. The number of hydrogen-bond acceptors (Lipinski definition) is 8. The van der Waals surface area contributed by atoms with Gasteiger partial charge < -0.3 is 20.3 Å². The van der Waals surface area contributed by atoms with Crippen LogP contribution in [0.1, 0.15) is 23.1 Å². The number of rotatable bonds is 7. The van der Waals surface area contributed by atoms with Gasteiger partial charge in [0, 0.05) is 50.4 Å². The number of thiazole rings is 1. The van der Waals surface area contributed by atoms with Gasteiger partial charge in [0.05, 0.1) is 33.6 Å². The number of anilines is 2. The summed E-state index contributed by atoms with van der Waals surface area (Å²) in [6, 6.07) is 12.5. The van der Waals surface area contributed by atoms with E-state index in [0.717, 1.165) is 82.4 Å². The largest absolute Gasteiger partial charge is 0.493 e.